The van der Waals surface area contributed by atoms with E-state index in [0.717, 1.165) is 12.2 Å². The van der Waals surface area contributed by atoms with Gasteiger partial charge in [-0.2, -0.15) is 0 Å². The van der Waals surface area contributed by atoms with Crippen LogP contribution in [-0.2, 0) is 11.8 Å². The summed E-state index contributed by atoms with van der Waals surface area (Å²) in [7, 11) is 1.72. The molecule has 0 fully saturated rings. The second-order valence-electron chi connectivity index (χ2n) is 4.67. The van der Waals surface area contributed by atoms with Gasteiger partial charge < -0.3 is 4.74 Å². The number of hydrogen-bond acceptors (Lipinski definition) is 1. The second kappa shape index (κ2) is 4.04. The van der Waals surface area contributed by atoms with Crippen LogP contribution in [0.4, 0.5) is 0 Å². The second-order valence-corrected chi connectivity index (χ2v) is 4.67. The Morgan fingerprint density at radius 2 is 1.79 bits per heavy atom. The van der Waals surface area contributed by atoms with E-state index in [1.165, 1.54) is 11.1 Å². The monoisotopic (exact) mass is 192 g/mol. The van der Waals surface area contributed by atoms with Crippen molar-refractivity contribution in [2.24, 2.45) is 0 Å². The van der Waals surface area contributed by atoms with Crippen LogP contribution < -0.4 is 4.74 Å². The van der Waals surface area contributed by atoms with Crippen molar-refractivity contribution < 1.29 is 4.74 Å². The molecule has 0 amide bonds. The molecule has 0 saturated heterocycles. The Bertz CT molecular complexity index is 285. The first kappa shape index (κ1) is 11.1. The normalized spacial score (nSPS) is 11.5. The number of benzene rings is 1. The smallest absolute Gasteiger partial charge is 0.119 e. The maximum atomic E-state index is 5.29. The molecule has 0 aliphatic carbocycles. The zero-order valence-corrected chi connectivity index (χ0v) is 9.85. The van der Waals surface area contributed by atoms with Crippen molar-refractivity contribution in [2.45, 2.75) is 39.5 Å². The quantitative estimate of drug-likeness (QED) is 0.696. The Hall–Kier alpha value is -0.980. The minimum atomic E-state index is 0.193. The average molecular weight is 192 g/mol. The molecule has 78 valence electrons. The fourth-order valence-corrected chi connectivity index (χ4v) is 1.42. The molecule has 1 heteroatoms. The molecule has 0 aliphatic heterocycles. The Balaban J connectivity index is 3.17. The highest BCUT2D eigenvalue weighted by molar-refractivity contribution is 5.37. The predicted molar refractivity (Wildman–Crippen MR) is 61.1 cm³/mol. The predicted octanol–water partition coefficient (Wildman–Crippen LogP) is 3.56. The summed E-state index contributed by atoms with van der Waals surface area (Å²) in [6.07, 6.45) is 1.06. The number of aryl methyl sites for hydroxylation is 1. The van der Waals surface area contributed by atoms with Crippen molar-refractivity contribution in [3.63, 3.8) is 0 Å². The van der Waals surface area contributed by atoms with E-state index in [-0.39, 0.29) is 5.41 Å². The molecule has 0 atom stereocenters. The molecule has 0 aromatic heterocycles. The topological polar surface area (TPSA) is 9.23 Å². The lowest BCUT2D eigenvalue weighted by Crippen LogP contribution is -2.11. The molecule has 1 nitrogen and oxygen atoms in total. The molecule has 1 rings (SSSR count). The van der Waals surface area contributed by atoms with E-state index in [9.17, 15) is 0 Å². The first-order valence-electron chi connectivity index (χ1n) is 5.16. The molecule has 0 bridgehead atoms. The molecule has 0 N–H and O–H groups in total. The molecule has 0 aliphatic rings. The molecule has 0 heterocycles. The lowest BCUT2D eigenvalue weighted by Gasteiger charge is -2.20. The molecule has 1 aromatic rings. The minimum Gasteiger partial charge on any atom is -0.497 e. The van der Waals surface area contributed by atoms with Crippen LogP contribution in [0.5, 0.6) is 5.75 Å². The van der Waals surface area contributed by atoms with Crippen LogP contribution >= 0.6 is 0 Å². The Labute approximate surface area is 87.1 Å². The molecular formula is C13H20O. The summed E-state index contributed by atoms with van der Waals surface area (Å²) in [6, 6.07) is 6.50. The van der Waals surface area contributed by atoms with Crippen molar-refractivity contribution in [3.05, 3.63) is 29.3 Å². The summed E-state index contributed by atoms with van der Waals surface area (Å²) in [5.74, 6) is 0.967. The van der Waals surface area contributed by atoms with Gasteiger partial charge in [-0.25, -0.2) is 0 Å². The van der Waals surface area contributed by atoms with Gasteiger partial charge in [-0.3, -0.25) is 0 Å². The van der Waals surface area contributed by atoms with Crippen LogP contribution in [0.3, 0.4) is 0 Å². The van der Waals surface area contributed by atoms with E-state index in [0.29, 0.717) is 0 Å². The van der Waals surface area contributed by atoms with Crippen LogP contribution in [0.25, 0.3) is 0 Å². The molecule has 0 unspecified atom stereocenters. The van der Waals surface area contributed by atoms with Crippen molar-refractivity contribution >= 4 is 0 Å². The molecule has 0 spiro atoms. The summed E-state index contributed by atoms with van der Waals surface area (Å²) in [6.45, 7) is 8.84. The molecule has 1 aromatic carbocycles. The minimum absolute atomic E-state index is 0.193. The van der Waals surface area contributed by atoms with Crippen molar-refractivity contribution in [1.82, 2.24) is 0 Å². The van der Waals surface area contributed by atoms with E-state index in [1.54, 1.807) is 7.11 Å². The van der Waals surface area contributed by atoms with Gasteiger partial charge in [0.1, 0.15) is 5.75 Å². The average Bonchev–Trinajstić information content (AvgIpc) is 2.15. The maximum Gasteiger partial charge on any atom is 0.119 e. The third-order valence-corrected chi connectivity index (χ3v) is 2.48. The van der Waals surface area contributed by atoms with Crippen LogP contribution in [0, 0.1) is 0 Å². The third-order valence-electron chi connectivity index (χ3n) is 2.48. The summed E-state index contributed by atoms with van der Waals surface area (Å²) in [4.78, 5) is 0. The Kier molecular flexibility index (Phi) is 3.20. The zero-order valence-electron chi connectivity index (χ0n) is 9.85. The first-order valence-corrected chi connectivity index (χ1v) is 5.16. The van der Waals surface area contributed by atoms with Gasteiger partial charge >= 0.3 is 0 Å². The highest BCUT2D eigenvalue weighted by Crippen LogP contribution is 2.27. The van der Waals surface area contributed by atoms with E-state index < -0.39 is 0 Å². The SMILES string of the molecule is CCc1cc(OC)cc(C(C)(C)C)c1. The van der Waals surface area contributed by atoms with Crippen LogP contribution in [-0.4, -0.2) is 7.11 Å². The summed E-state index contributed by atoms with van der Waals surface area (Å²) in [5, 5.41) is 0. The lowest BCUT2D eigenvalue weighted by atomic mass is 9.86. The fourth-order valence-electron chi connectivity index (χ4n) is 1.42. The van der Waals surface area contributed by atoms with E-state index in [1.807, 2.05) is 0 Å². The van der Waals surface area contributed by atoms with E-state index >= 15 is 0 Å². The molecular weight excluding hydrogens is 172 g/mol. The van der Waals surface area contributed by atoms with Crippen LogP contribution in [0.2, 0.25) is 0 Å². The molecule has 0 saturated carbocycles. The molecule has 14 heavy (non-hydrogen) atoms. The Morgan fingerprint density at radius 3 is 2.21 bits per heavy atom. The van der Waals surface area contributed by atoms with Crippen LogP contribution in [0.15, 0.2) is 18.2 Å². The van der Waals surface area contributed by atoms with Gasteiger partial charge in [0.15, 0.2) is 0 Å². The standard InChI is InChI=1S/C13H20O/c1-6-10-7-11(13(2,3)4)9-12(8-10)14-5/h7-9H,6H2,1-5H3. The van der Waals surface area contributed by atoms with Gasteiger partial charge in [0.05, 0.1) is 7.11 Å². The van der Waals surface area contributed by atoms with Gasteiger partial charge in [0.2, 0.25) is 0 Å². The molecule has 0 radical (unpaired) electrons. The van der Waals surface area contributed by atoms with Gasteiger partial charge in [-0.05, 0) is 35.1 Å². The van der Waals surface area contributed by atoms with Crippen molar-refractivity contribution in [3.8, 4) is 5.75 Å². The van der Waals surface area contributed by atoms with E-state index in [2.05, 4.69) is 45.9 Å². The van der Waals surface area contributed by atoms with E-state index in [4.69, 9.17) is 4.74 Å². The number of rotatable bonds is 2. The first-order chi connectivity index (χ1) is 6.47. The zero-order chi connectivity index (χ0) is 10.8. The largest absolute Gasteiger partial charge is 0.497 e. The lowest BCUT2D eigenvalue weighted by molar-refractivity contribution is 0.412. The highest BCUT2D eigenvalue weighted by atomic mass is 16.5. The van der Waals surface area contributed by atoms with Gasteiger partial charge in [0.25, 0.3) is 0 Å². The van der Waals surface area contributed by atoms with Crippen molar-refractivity contribution in [2.75, 3.05) is 7.11 Å². The number of methoxy groups -OCH3 is 1. The maximum absolute atomic E-state index is 5.29. The summed E-state index contributed by atoms with van der Waals surface area (Å²) < 4.78 is 5.29. The summed E-state index contributed by atoms with van der Waals surface area (Å²) in [5.41, 5.74) is 2.88. The Morgan fingerprint density at radius 1 is 1.14 bits per heavy atom. The number of hydrogen-bond donors (Lipinski definition) is 0. The van der Waals surface area contributed by atoms with Crippen LogP contribution in [0.1, 0.15) is 38.8 Å². The van der Waals surface area contributed by atoms with Gasteiger partial charge in [-0.1, -0.05) is 33.8 Å². The van der Waals surface area contributed by atoms with Crippen molar-refractivity contribution in [1.29, 1.82) is 0 Å². The highest BCUT2D eigenvalue weighted by Gasteiger charge is 2.15. The number of ether oxygens (including phenoxy) is 1. The summed E-state index contributed by atoms with van der Waals surface area (Å²) >= 11 is 0. The fraction of sp³-hybridized carbons (Fsp3) is 0.538. The van der Waals surface area contributed by atoms with Gasteiger partial charge in [0, 0.05) is 0 Å². The van der Waals surface area contributed by atoms with Gasteiger partial charge in [-0.15, -0.1) is 0 Å². The third kappa shape index (κ3) is 2.50.